The average molecular weight is 357 g/mol. The number of nitrogens with zero attached hydrogens (tertiary/aromatic N) is 3. The van der Waals surface area contributed by atoms with Crippen LogP contribution in [0.3, 0.4) is 0 Å². The molecular formula is C23H23N3O. The van der Waals surface area contributed by atoms with E-state index in [0.717, 1.165) is 41.7 Å². The van der Waals surface area contributed by atoms with Gasteiger partial charge in [-0.3, -0.25) is 0 Å². The number of benzene rings is 3. The predicted octanol–water partition coefficient (Wildman–Crippen LogP) is 4.74. The topological polar surface area (TPSA) is 39.5 Å². The lowest BCUT2D eigenvalue weighted by Gasteiger charge is -2.41. The molecular weight excluding hydrogens is 334 g/mol. The van der Waals surface area contributed by atoms with Crippen LogP contribution in [-0.4, -0.2) is 25.2 Å². The van der Waals surface area contributed by atoms with Crippen molar-refractivity contribution in [2.75, 3.05) is 25.2 Å². The van der Waals surface area contributed by atoms with Crippen LogP contribution in [0.2, 0.25) is 0 Å². The van der Waals surface area contributed by atoms with Crippen LogP contribution in [0, 0.1) is 11.3 Å². The quantitative estimate of drug-likeness (QED) is 0.676. The number of rotatable bonds is 4. The SMILES string of the molecule is COc1ccc(CN2CCCCN2c2ccc(C#N)c3ccccc23)cc1. The van der Waals surface area contributed by atoms with Crippen LogP contribution in [0.5, 0.6) is 5.75 Å². The Balaban J connectivity index is 1.68. The Morgan fingerprint density at radius 1 is 0.926 bits per heavy atom. The summed E-state index contributed by atoms with van der Waals surface area (Å²) >= 11 is 0. The van der Waals surface area contributed by atoms with Crippen LogP contribution >= 0.6 is 0 Å². The van der Waals surface area contributed by atoms with Gasteiger partial charge in [0.15, 0.2) is 0 Å². The Morgan fingerprint density at radius 3 is 2.41 bits per heavy atom. The van der Waals surface area contributed by atoms with Gasteiger partial charge in [0.25, 0.3) is 0 Å². The van der Waals surface area contributed by atoms with Crippen molar-refractivity contribution in [2.45, 2.75) is 19.4 Å². The van der Waals surface area contributed by atoms with Crippen molar-refractivity contribution < 1.29 is 4.74 Å². The van der Waals surface area contributed by atoms with Crippen LogP contribution in [0.15, 0.2) is 60.7 Å². The number of hydrazine groups is 1. The smallest absolute Gasteiger partial charge is 0.118 e. The molecule has 4 rings (SSSR count). The third-order valence-corrected chi connectivity index (χ3v) is 5.20. The summed E-state index contributed by atoms with van der Waals surface area (Å²) in [6.07, 6.45) is 2.37. The van der Waals surface area contributed by atoms with E-state index in [1.165, 1.54) is 24.1 Å². The minimum absolute atomic E-state index is 0.730. The highest BCUT2D eigenvalue weighted by Gasteiger charge is 2.22. The number of methoxy groups -OCH3 is 1. The first kappa shape index (κ1) is 17.4. The number of hydrogen-bond donors (Lipinski definition) is 0. The zero-order valence-electron chi connectivity index (χ0n) is 15.6. The Bertz CT molecular complexity index is 975. The summed E-state index contributed by atoms with van der Waals surface area (Å²) in [7, 11) is 1.69. The molecule has 0 bridgehead atoms. The molecule has 1 heterocycles. The second-order valence-corrected chi connectivity index (χ2v) is 6.86. The maximum Gasteiger partial charge on any atom is 0.118 e. The molecule has 0 amide bonds. The minimum atomic E-state index is 0.730. The molecule has 3 aromatic rings. The maximum absolute atomic E-state index is 9.44. The second kappa shape index (κ2) is 7.69. The van der Waals surface area contributed by atoms with Crippen LogP contribution < -0.4 is 9.75 Å². The summed E-state index contributed by atoms with van der Waals surface area (Å²) in [5.74, 6) is 0.882. The molecule has 136 valence electrons. The van der Waals surface area contributed by atoms with Crippen LogP contribution in [0.25, 0.3) is 10.8 Å². The van der Waals surface area contributed by atoms with Gasteiger partial charge >= 0.3 is 0 Å². The van der Waals surface area contributed by atoms with E-state index < -0.39 is 0 Å². The molecule has 0 aromatic heterocycles. The largest absolute Gasteiger partial charge is 0.497 e. The zero-order valence-corrected chi connectivity index (χ0v) is 15.6. The van der Waals surface area contributed by atoms with Crippen molar-refractivity contribution >= 4 is 16.5 Å². The second-order valence-electron chi connectivity index (χ2n) is 6.86. The molecule has 1 fully saturated rings. The molecule has 1 aliphatic heterocycles. The molecule has 0 saturated carbocycles. The molecule has 0 atom stereocenters. The molecule has 4 nitrogen and oxygen atoms in total. The predicted molar refractivity (Wildman–Crippen MR) is 109 cm³/mol. The molecule has 1 aliphatic rings. The van der Waals surface area contributed by atoms with Gasteiger partial charge in [0.2, 0.25) is 0 Å². The van der Waals surface area contributed by atoms with E-state index in [2.05, 4.69) is 40.4 Å². The van der Waals surface area contributed by atoms with Crippen LogP contribution in [-0.2, 0) is 6.54 Å². The van der Waals surface area contributed by atoms with Crippen molar-refractivity contribution in [3.05, 3.63) is 71.8 Å². The number of nitriles is 1. The third-order valence-electron chi connectivity index (χ3n) is 5.20. The molecule has 0 radical (unpaired) electrons. The third kappa shape index (κ3) is 3.47. The number of anilines is 1. The highest BCUT2D eigenvalue weighted by atomic mass is 16.5. The van der Waals surface area contributed by atoms with E-state index in [1.54, 1.807) is 7.11 Å². The van der Waals surface area contributed by atoms with Gasteiger partial charge in [-0.25, -0.2) is 5.01 Å². The van der Waals surface area contributed by atoms with Gasteiger partial charge in [-0.15, -0.1) is 0 Å². The molecule has 0 unspecified atom stereocenters. The summed E-state index contributed by atoms with van der Waals surface area (Å²) in [6.45, 7) is 2.88. The Labute approximate surface area is 160 Å². The van der Waals surface area contributed by atoms with Gasteiger partial charge in [-0.1, -0.05) is 36.4 Å². The first-order valence-corrected chi connectivity index (χ1v) is 9.37. The first-order chi connectivity index (χ1) is 13.3. The van der Waals surface area contributed by atoms with E-state index in [4.69, 9.17) is 4.74 Å². The maximum atomic E-state index is 9.44. The summed E-state index contributed by atoms with van der Waals surface area (Å²) in [6, 6.07) is 22.8. The van der Waals surface area contributed by atoms with Crippen molar-refractivity contribution in [3.8, 4) is 11.8 Å². The molecule has 0 N–H and O–H groups in total. The van der Waals surface area contributed by atoms with E-state index in [9.17, 15) is 5.26 Å². The van der Waals surface area contributed by atoms with Crippen molar-refractivity contribution in [1.82, 2.24) is 5.01 Å². The number of fused-ring (bicyclic) bond motifs is 1. The Morgan fingerprint density at radius 2 is 1.67 bits per heavy atom. The lowest BCUT2D eigenvalue weighted by atomic mass is 10.0. The van der Waals surface area contributed by atoms with Crippen molar-refractivity contribution in [1.29, 1.82) is 5.26 Å². The Hall–Kier alpha value is -3.03. The van der Waals surface area contributed by atoms with Crippen LogP contribution in [0.4, 0.5) is 5.69 Å². The number of ether oxygens (including phenoxy) is 1. The fourth-order valence-electron chi connectivity index (χ4n) is 3.80. The molecule has 0 spiro atoms. The Kier molecular flexibility index (Phi) is 4.95. The number of hydrogen-bond acceptors (Lipinski definition) is 4. The summed E-state index contributed by atoms with van der Waals surface area (Å²) in [5.41, 5.74) is 3.17. The normalized spacial score (nSPS) is 14.9. The fourth-order valence-corrected chi connectivity index (χ4v) is 3.80. The van der Waals surface area contributed by atoms with E-state index in [1.807, 2.05) is 36.4 Å². The molecule has 27 heavy (non-hydrogen) atoms. The molecule has 1 saturated heterocycles. The van der Waals surface area contributed by atoms with E-state index >= 15 is 0 Å². The summed E-state index contributed by atoms with van der Waals surface area (Å²) < 4.78 is 5.27. The average Bonchev–Trinajstić information content (AvgIpc) is 2.74. The van der Waals surface area contributed by atoms with E-state index in [-0.39, 0.29) is 0 Å². The zero-order chi connectivity index (χ0) is 18.6. The summed E-state index contributed by atoms with van der Waals surface area (Å²) in [4.78, 5) is 0. The lowest BCUT2D eigenvalue weighted by Crippen LogP contribution is -2.47. The molecule has 0 aliphatic carbocycles. The molecule has 3 aromatic carbocycles. The minimum Gasteiger partial charge on any atom is -0.497 e. The lowest BCUT2D eigenvalue weighted by molar-refractivity contribution is 0.205. The van der Waals surface area contributed by atoms with Gasteiger partial charge < -0.3 is 9.75 Å². The van der Waals surface area contributed by atoms with Gasteiger partial charge in [-0.2, -0.15) is 5.26 Å². The van der Waals surface area contributed by atoms with E-state index in [0.29, 0.717) is 0 Å². The summed E-state index contributed by atoms with van der Waals surface area (Å²) in [5, 5.41) is 16.4. The van der Waals surface area contributed by atoms with Crippen molar-refractivity contribution in [2.24, 2.45) is 0 Å². The van der Waals surface area contributed by atoms with Crippen molar-refractivity contribution in [3.63, 3.8) is 0 Å². The highest BCUT2D eigenvalue weighted by molar-refractivity contribution is 5.97. The van der Waals surface area contributed by atoms with Gasteiger partial charge in [0.05, 0.1) is 24.4 Å². The highest BCUT2D eigenvalue weighted by Crippen LogP contribution is 2.32. The monoisotopic (exact) mass is 357 g/mol. The van der Waals surface area contributed by atoms with Gasteiger partial charge in [0, 0.05) is 30.4 Å². The van der Waals surface area contributed by atoms with Crippen LogP contribution in [0.1, 0.15) is 24.0 Å². The fraction of sp³-hybridized carbons (Fsp3) is 0.261. The van der Waals surface area contributed by atoms with Gasteiger partial charge in [-0.05, 0) is 42.7 Å². The standard InChI is InChI=1S/C23H23N3O/c1-27-20-11-8-18(9-12-20)17-25-14-4-5-15-26(25)23-13-10-19(16-24)21-6-2-3-7-22(21)23/h2-3,6-13H,4-5,14-15,17H2,1H3. The molecule has 4 heteroatoms. The first-order valence-electron chi connectivity index (χ1n) is 9.37. The van der Waals surface area contributed by atoms with Gasteiger partial charge in [0.1, 0.15) is 5.75 Å².